The minimum absolute atomic E-state index is 0.366. The molecule has 3 rings (SSSR count). The number of carbonyl (C=O) groups excluding carboxylic acids is 1. The lowest BCUT2D eigenvalue weighted by Crippen LogP contribution is -1.99. The quantitative estimate of drug-likeness (QED) is 0.427. The van der Waals surface area contributed by atoms with Gasteiger partial charge in [0.1, 0.15) is 11.5 Å². The van der Waals surface area contributed by atoms with Crippen LogP contribution in [0, 0.1) is 6.92 Å². The lowest BCUT2D eigenvalue weighted by molar-refractivity contribution is 0.0601. The zero-order valence-electron chi connectivity index (χ0n) is 13.8. The Labute approximate surface area is 154 Å². The van der Waals surface area contributed by atoms with Gasteiger partial charge in [-0.2, -0.15) is 0 Å². The van der Waals surface area contributed by atoms with Crippen molar-refractivity contribution in [3.63, 3.8) is 0 Å². The summed E-state index contributed by atoms with van der Waals surface area (Å²) >= 11 is 3.56. The number of hydrogen-bond acceptors (Lipinski definition) is 4. The molecule has 4 nitrogen and oxygen atoms in total. The molecule has 0 spiro atoms. The number of halogens is 1. The molecule has 1 heterocycles. The van der Waals surface area contributed by atoms with Crippen LogP contribution in [0.2, 0.25) is 0 Å². The number of esters is 1. The highest BCUT2D eigenvalue weighted by Gasteiger charge is 2.08. The smallest absolute Gasteiger partial charge is 0.337 e. The number of methoxy groups -OCH3 is 1. The van der Waals surface area contributed by atoms with Crippen LogP contribution < -0.4 is 0 Å². The van der Waals surface area contributed by atoms with E-state index in [-0.39, 0.29) is 5.97 Å². The van der Waals surface area contributed by atoms with Gasteiger partial charge in [-0.25, -0.2) is 4.79 Å². The Bertz CT molecular complexity index is 926. The van der Waals surface area contributed by atoms with Gasteiger partial charge in [0.05, 0.1) is 24.6 Å². The van der Waals surface area contributed by atoms with Gasteiger partial charge in [0.15, 0.2) is 0 Å². The molecule has 0 aliphatic rings. The normalized spacial score (nSPS) is 11.0. The van der Waals surface area contributed by atoms with Gasteiger partial charge in [-0.3, -0.25) is 4.99 Å². The van der Waals surface area contributed by atoms with Crippen molar-refractivity contribution in [2.45, 2.75) is 6.92 Å². The molecule has 0 saturated carbocycles. The van der Waals surface area contributed by atoms with Crippen molar-refractivity contribution in [2.75, 3.05) is 7.11 Å². The van der Waals surface area contributed by atoms with Crippen molar-refractivity contribution in [3.05, 3.63) is 76.0 Å². The molecule has 0 aliphatic heterocycles. The molecule has 0 radical (unpaired) electrons. The minimum Gasteiger partial charge on any atom is -0.465 e. The second kappa shape index (κ2) is 7.49. The fraction of sp³-hybridized carbons (Fsp3) is 0.100. The van der Waals surface area contributed by atoms with E-state index in [4.69, 9.17) is 4.42 Å². The van der Waals surface area contributed by atoms with Gasteiger partial charge in [-0.1, -0.05) is 22.0 Å². The standard InChI is InChI=1S/C20H16BrNO3/c1-13-3-9-17(18(21)11-13)19-10-8-16(25-19)12-22-15-6-4-14(5-7-15)20(23)24-2/h3-12H,1-2H3. The van der Waals surface area contributed by atoms with E-state index in [1.54, 1.807) is 30.5 Å². The zero-order chi connectivity index (χ0) is 17.8. The summed E-state index contributed by atoms with van der Waals surface area (Å²) in [5, 5.41) is 0. The predicted molar refractivity (Wildman–Crippen MR) is 102 cm³/mol. The molecule has 5 heteroatoms. The molecule has 0 N–H and O–H groups in total. The van der Waals surface area contributed by atoms with E-state index in [0.717, 1.165) is 21.5 Å². The Balaban J connectivity index is 1.76. The molecule has 25 heavy (non-hydrogen) atoms. The largest absolute Gasteiger partial charge is 0.465 e. The summed E-state index contributed by atoms with van der Waals surface area (Å²) < 4.78 is 11.5. The Morgan fingerprint density at radius 1 is 1.12 bits per heavy atom. The molecule has 1 aromatic heterocycles. The summed E-state index contributed by atoms with van der Waals surface area (Å²) in [5.74, 6) is 1.06. The van der Waals surface area contributed by atoms with Gasteiger partial charge in [0, 0.05) is 10.0 Å². The van der Waals surface area contributed by atoms with Gasteiger partial charge in [0.25, 0.3) is 0 Å². The first-order valence-corrected chi connectivity index (χ1v) is 8.45. The molecule has 3 aromatic rings. The van der Waals surface area contributed by atoms with Crippen molar-refractivity contribution in [1.29, 1.82) is 0 Å². The van der Waals surface area contributed by atoms with Crippen molar-refractivity contribution in [2.24, 2.45) is 4.99 Å². The van der Waals surface area contributed by atoms with Gasteiger partial charge in [-0.15, -0.1) is 0 Å². The van der Waals surface area contributed by atoms with Gasteiger partial charge in [-0.05, 0) is 61.0 Å². The van der Waals surface area contributed by atoms with Crippen LogP contribution in [0.15, 0.2) is 68.5 Å². The van der Waals surface area contributed by atoms with Crippen LogP contribution in [-0.4, -0.2) is 19.3 Å². The molecule has 0 bridgehead atoms. The van der Waals surface area contributed by atoms with Crippen molar-refractivity contribution >= 4 is 33.8 Å². The maximum Gasteiger partial charge on any atom is 0.337 e. The van der Waals surface area contributed by atoms with Crippen molar-refractivity contribution in [3.8, 4) is 11.3 Å². The minimum atomic E-state index is -0.366. The third-order valence-electron chi connectivity index (χ3n) is 3.65. The zero-order valence-corrected chi connectivity index (χ0v) is 15.4. The molecule has 126 valence electrons. The van der Waals surface area contributed by atoms with Crippen LogP contribution in [0.5, 0.6) is 0 Å². The number of aliphatic imine (C=N–C) groups is 1. The van der Waals surface area contributed by atoms with Crippen LogP contribution in [-0.2, 0) is 4.74 Å². The topological polar surface area (TPSA) is 51.8 Å². The molecular formula is C20H16BrNO3. The first kappa shape index (κ1) is 17.2. The van der Waals surface area contributed by atoms with Crippen LogP contribution >= 0.6 is 15.9 Å². The lowest BCUT2D eigenvalue weighted by Gasteiger charge is -2.02. The van der Waals surface area contributed by atoms with Gasteiger partial charge >= 0.3 is 5.97 Å². The Kier molecular flexibility index (Phi) is 5.14. The lowest BCUT2D eigenvalue weighted by atomic mass is 10.1. The maximum absolute atomic E-state index is 11.4. The molecule has 0 amide bonds. The Morgan fingerprint density at radius 2 is 1.88 bits per heavy atom. The van der Waals surface area contributed by atoms with Crippen molar-refractivity contribution < 1.29 is 13.9 Å². The molecule has 0 unspecified atom stereocenters. The van der Waals surface area contributed by atoms with Crippen molar-refractivity contribution in [1.82, 2.24) is 0 Å². The average molecular weight is 398 g/mol. The van der Waals surface area contributed by atoms with E-state index in [9.17, 15) is 4.79 Å². The van der Waals surface area contributed by atoms with Crippen LogP contribution in [0.25, 0.3) is 11.3 Å². The SMILES string of the molecule is COC(=O)c1ccc(N=Cc2ccc(-c3ccc(C)cc3Br)o2)cc1. The monoisotopic (exact) mass is 397 g/mol. The highest BCUT2D eigenvalue weighted by molar-refractivity contribution is 9.10. The van der Waals surface area contributed by atoms with Crippen LogP contribution in [0.3, 0.4) is 0 Å². The summed E-state index contributed by atoms with van der Waals surface area (Å²) in [6, 6.07) is 16.8. The summed E-state index contributed by atoms with van der Waals surface area (Å²) in [5.41, 5.74) is 3.39. The summed E-state index contributed by atoms with van der Waals surface area (Å²) in [7, 11) is 1.36. The molecule has 0 atom stereocenters. The number of hydrogen-bond donors (Lipinski definition) is 0. The summed E-state index contributed by atoms with van der Waals surface area (Å²) in [6.45, 7) is 2.04. The number of aryl methyl sites for hydroxylation is 1. The number of ether oxygens (including phenoxy) is 1. The molecule has 2 aromatic carbocycles. The second-order valence-corrected chi connectivity index (χ2v) is 6.34. The van der Waals surface area contributed by atoms with E-state index in [1.807, 2.05) is 31.2 Å². The van der Waals surface area contributed by atoms with E-state index in [0.29, 0.717) is 11.3 Å². The van der Waals surface area contributed by atoms with E-state index in [1.165, 1.54) is 12.7 Å². The van der Waals surface area contributed by atoms with Gasteiger partial charge < -0.3 is 9.15 Å². The van der Waals surface area contributed by atoms with E-state index in [2.05, 4.69) is 31.7 Å². The number of nitrogens with zero attached hydrogens (tertiary/aromatic N) is 1. The predicted octanol–water partition coefficient (Wildman–Crippen LogP) is 5.55. The number of carbonyl (C=O) groups is 1. The fourth-order valence-corrected chi connectivity index (χ4v) is 3.02. The van der Waals surface area contributed by atoms with E-state index >= 15 is 0 Å². The third-order valence-corrected chi connectivity index (χ3v) is 4.30. The molecular weight excluding hydrogens is 382 g/mol. The second-order valence-electron chi connectivity index (χ2n) is 5.48. The van der Waals surface area contributed by atoms with Crippen LogP contribution in [0.4, 0.5) is 5.69 Å². The molecule has 0 fully saturated rings. The third kappa shape index (κ3) is 4.06. The summed E-state index contributed by atoms with van der Waals surface area (Å²) in [4.78, 5) is 15.8. The van der Waals surface area contributed by atoms with E-state index < -0.39 is 0 Å². The first-order valence-electron chi connectivity index (χ1n) is 7.65. The Hall–Kier alpha value is -2.66. The first-order chi connectivity index (χ1) is 12.1. The fourth-order valence-electron chi connectivity index (χ4n) is 2.33. The highest BCUT2D eigenvalue weighted by atomic mass is 79.9. The maximum atomic E-state index is 11.4. The number of rotatable bonds is 4. The Morgan fingerprint density at radius 3 is 2.56 bits per heavy atom. The molecule has 0 saturated heterocycles. The number of benzene rings is 2. The van der Waals surface area contributed by atoms with Crippen LogP contribution in [0.1, 0.15) is 21.7 Å². The average Bonchev–Trinajstić information content (AvgIpc) is 3.08. The molecule has 0 aliphatic carbocycles. The summed E-state index contributed by atoms with van der Waals surface area (Å²) in [6.07, 6.45) is 1.65. The highest BCUT2D eigenvalue weighted by Crippen LogP contribution is 2.30. The number of furan rings is 1. The van der Waals surface area contributed by atoms with Gasteiger partial charge in [0.2, 0.25) is 0 Å².